The summed E-state index contributed by atoms with van der Waals surface area (Å²) in [6, 6.07) is 11.9. The maximum atomic E-state index is 12.8. The first kappa shape index (κ1) is 20.0. The summed E-state index contributed by atoms with van der Waals surface area (Å²) < 4.78 is 2.66. The largest absolute Gasteiger partial charge is 0.366 e. The molecule has 10 nitrogen and oxygen atoms in total. The predicted molar refractivity (Wildman–Crippen MR) is 114 cm³/mol. The fraction of sp³-hybridized carbons (Fsp3) is 0.143. The summed E-state index contributed by atoms with van der Waals surface area (Å²) in [5, 5.41) is 10.7. The van der Waals surface area contributed by atoms with Crippen molar-refractivity contribution in [3.05, 3.63) is 75.8 Å². The van der Waals surface area contributed by atoms with Crippen molar-refractivity contribution in [2.45, 2.75) is 20.4 Å². The number of hydrogen-bond acceptors (Lipinski definition) is 6. The first-order valence-electron chi connectivity index (χ1n) is 9.41. The van der Waals surface area contributed by atoms with Crippen LogP contribution in [0, 0.1) is 13.8 Å². The molecule has 2 aromatic carbocycles. The molecule has 0 aliphatic carbocycles. The van der Waals surface area contributed by atoms with E-state index >= 15 is 0 Å². The van der Waals surface area contributed by atoms with Gasteiger partial charge in [-0.05, 0) is 61.4 Å². The van der Waals surface area contributed by atoms with Gasteiger partial charge in [-0.3, -0.25) is 19.0 Å². The average molecular weight is 417 g/mol. The molecule has 4 aromatic rings. The van der Waals surface area contributed by atoms with Gasteiger partial charge in [0, 0.05) is 11.3 Å². The first-order chi connectivity index (χ1) is 14.8. The molecule has 0 aliphatic heterocycles. The van der Waals surface area contributed by atoms with Gasteiger partial charge >= 0.3 is 0 Å². The van der Waals surface area contributed by atoms with Crippen molar-refractivity contribution in [2.24, 2.45) is 5.73 Å². The second-order valence-corrected chi connectivity index (χ2v) is 7.11. The van der Waals surface area contributed by atoms with Gasteiger partial charge in [-0.1, -0.05) is 11.3 Å². The minimum absolute atomic E-state index is 0.0688. The van der Waals surface area contributed by atoms with Crippen LogP contribution in [0.5, 0.6) is 0 Å². The number of rotatable bonds is 5. The minimum atomic E-state index is -0.558. The van der Waals surface area contributed by atoms with Crippen LogP contribution in [-0.2, 0) is 11.3 Å². The van der Waals surface area contributed by atoms with E-state index in [4.69, 9.17) is 5.73 Å². The zero-order valence-electron chi connectivity index (χ0n) is 16.9. The average Bonchev–Trinajstić information content (AvgIpc) is 3.17. The van der Waals surface area contributed by atoms with Crippen molar-refractivity contribution in [3.63, 3.8) is 0 Å². The van der Waals surface area contributed by atoms with Gasteiger partial charge in [-0.2, -0.15) is 4.68 Å². The van der Waals surface area contributed by atoms with Gasteiger partial charge in [0.2, 0.25) is 11.8 Å². The highest BCUT2D eigenvalue weighted by atomic mass is 16.2. The lowest BCUT2D eigenvalue weighted by Crippen LogP contribution is -2.28. The molecule has 3 N–H and O–H groups in total. The molecule has 0 fully saturated rings. The first-order valence-corrected chi connectivity index (χ1v) is 9.41. The van der Waals surface area contributed by atoms with E-state index in [2.05, 4.69) is 20.6 Å². The molecule has 2 amide bonds. The van der Waals surface area contributed by atoms with E-state index < -0.39 is 17.4 Å². The van der Waals surface area contributed by atoms with E-state index in [0.717, 1.165) is 21.4 Å². The molecular formula is C21H19N7O3. The molecule has 0 aliphatic rings. The van der Waals surface area contributed by atoms with Gasteiger partial charge in [0.05, 0.1) is 5.69 Å². The van der Waals surface area contributed by atoms with Crippen LogP contribution in [0.15, 0.2) is 53.6 Å². The lowest BCUT2D eigenvalue weighted by molar-refractivity contribution is -0.116. The topological polar surface area (TPSA) is 138 Å². The van der Waals surface area contributed by atoms with E-state index in [0.29, 0.717) is 16.9 Å². The van der Waals surface area contributed by atoms with Crippen LogP contribution in [-0.4, -0.2) is 36.4 Å². The molecule has 0 spiro atoms. The van der Waals surface area contributed by atoms with Gasteiger partial charge < -0.3 is 11.1 Å². The molecule has 0 saturated heterocycles. The highest BCUT2D eigenvalue weighted by Gasteiger charge is 2.15. The summed E-state index contributed by atoms with van der Waals surface area (Å²) in [5.74, 6) is -0.991. The lowest BCUT2D eigenvalue weighted by Gasteiger charge is -2.08. The number of benzene rings is 2. The summed E-state index contributed by atoms with van der Waals surface area (Å²) in [7, 11) is 0. The Bertz CT molecular complexity index is 1370. The van der Waals surface area contributed by atoms with Crippen LogP contribution in [0.1, 0.15) is 21.5 Å². The Labute approximate surface area is 176 Å². The van der Waals surface area contributed by atoms with Crippen LogP contribution in [0.25, 0.3) is 16.9 Å². The number of fused-ring (bicyclic) bond motifs is 1. The van der Waals surface area contributed by atoms with E-state index in [9.17, 15) is 14.4 Å². The third-order valence-corrected chi connectivity index (χ3v) is 4.93. The van der Waals surface area contributed by atoms with E-state index in [1.165, 1.54) is 23.1 Å². The second kappa shape index (κ2) is 7.82. The van der Waals surface area contributed by atoms with Gasteiger partial charge in [-0.25, -0.2) is 4.98 Å². The zero-order chi connectivity index (χ0) is 22.1. The Kier molecular flexibility index (Phi) is 5.04. The van der Waals surface area contributed by atoms with E-state index in [1.54, 1.807) is 12.1 Å². The van der Waals surface area contributed by atoms with Crippen LogP contribution in [0.3, 0.4) is 0 Å². The standard InChI is InChI=1S/C21H19N7O3/c1-12-3-8-16(9-13(12)2)28-20-18(25-26-28)21(31)27(11-23-20)10-17(29)24-15-6-4-14(5-7-15)19(22)30/h3-9,11H,10H2,1-2H3,(H2,22,30)(H,24,29). The number of carbonyl (C=O) groups excluding carboxylic acids is 2. The molecule has 156 valence electrons. The van der Waals surface area contributed by atoms with Crippen molar-refractivity contribution >= 4 is 28.7 Å². The van der Waals surface area contributed by atoms with Crippen molar-refractivity contribution in [1.29, 1.82) is 0 Å². The van der Waals surface area contributed by atoms with Crippen LogP contribution in [0.2, 0.25) is 0 Å². The Morgan fingerprint density at radius 2 is 1.81 bits per heavy atom. The van der Waals surface area contributed by atoms with Crippen molar-refractivity contribution in [3.8, 4) is 5.69 Å². The van der Waals surface area contributed by atoms with Crippen molar-refractivity contribution in [1.82, 2.24) is 24.5 Å². The number of nitrogens with two attached hydrogens (primary N) is 1. The number of aromatic nitrogens is 5. The Morgan fingerprint density at radius 1 is 1.06 bits per heavy atom. The number of nitrogens with one attached hydrogen (secondary N) is 1. The monoisotopic (exact) mass is 417 g/mol. The van der Waals surface area contributed by atoms with E-state index in [1.807, 2.05) is 32.0 Å². The van der Waals surface area contributed by atoms with Crippen LogP contribution in [0.4, 0.5) is 5.69 Å². The van der Waals surface area contributed by atoms with Crippen LogP contribution >= 0.6 is 0 Å². The third-order valence-electron chi connectivity index (χ3n) is 4.93. The van der Waals surface area contributed by atoms with E-state index in [-0.39, 0.29) is 12.1 Å². The van der Waals surface area contributed by atoms with Crippen molar-refractivity contribution < 1.29 is 9.59 Å². The Hall–Kier alpha value is -4.34. The molecule has 4 rings (SSSR count). The number of aryl methyl sites for hydroxylation is 2. The summed E-state index contributed by atoms with van der Waals surface area (Å²) in [6.07, 6.45) is 1.29. The number of carbonyl (C=O) groups is 2. The number of anilines is 1. The summed E-state index contributed by atoms with van der Waals surface area (Å²) >= 11 is 0. The number of primary amides is 1. The molecule has 10 heteroatoms. The maximum Gasteiger partial charge on any atom is 0.284 e. The number of nitrogens with zero attached hydrogens (tertiary/aromatic N) is 5. The lowest BCUT2D eigenvalue weighted by atomic mass is 10.1. The SMILES string of the molecule is Cc1ccc(-n2nnc3c(=O)n(CC(=O)Nc4ccc(C(N)=O)cc4)cnc32)cc1C. The van der Waals surface area contributed by atoms with Gasteiger partial charge in [0.1, 0.15) is 12.9 Å². The molecule has 0 radical (unpaired) electrons. The summed E-state index contributed by atoms with van der Waals surface area (Å²) in [6.45, 7) is 3.74. The quantitative estimate of drug-likeness (QED) is 0.502. The second-order valence-electron chi connectivity index (χ2n) is 7.11. The van der Waals surface area contributed by atoms with Crippen LogP contribution < -0.4 is 16.6 Å². The Morgan fingerprint density at radius 3 is 2.48 bits per heavy atom. The number of amides is 2. The molecular weight excluding hydrogens is 398 g/mol. The smallest absolute Gasteiger partial charge is 0.284 e. The highest BCUT2D eigenvalue weighted by molar-refractivity contribution is 5.94. The normalized spacial score (nSPS) is 10.9. The fourth-order valence-corrected chi connectivity index (χ4v) is 3.06. The zero-order valence-corrected chi connectivity index (χ0v) is 16.9. The molecule has 0 bridgehead atoms. The maximum absolute atomic E-state index is 12.8. The molecule has 0 saturated carbocycles. The highest BCUT2D eigenvalue weighted by Crippen LogP contribution is 2.16. The third kappa shape index (κ3) is 3.90. The van der Waals surface area contributed by atoms with Gasteiger partial charge in [0.25, 0.3) is 5.56 Å². The van der Waals surface area contributed by atoms with Gasteiger partial charge in [0.15, 0.2) is 11.2 Å². The van der Waals surface area contributed by atoms with Gasteiger partial charge in [-0.15, -0.1) is 5.10 Å². The molecule has 2 aromatic heterocycles. The summed E-state index contributed by atoms with van der Waals surface area (Å²) in [5.41, 5.74) is 8.86. The summed E-state index contributed by atoms with van der Waals surface area (Å²) in [4.78, 5) is 40.5. The molecule has 0 unspecified atom stereocenters. The molecule has 2 heterocycles. The predicted octanol–water partition coefficient (Wildman–Crippen LogP) is 1.33. The fourth-order valence-electron chi connectivity index (χ4n) is 3.06. The Balaban J connectivity index is 1.57. The number of hydrogen-bond donors (Lipinski definition) is 2. The molecule has 0 atom stereocenters. The van der Waals surface area contributed by atoms with Crippen molar-refractivity contribution in [2.75, 3.05) is 5.32 Å². The molecule has 31 heavy (non-hydrogen) atoms. The minimum Gasteiger partial charge on any atom is -0.366 e.